The summed E-state index contributed by atoms with van der Waals surface area (Å²) >= 11 is 3.36. The van der Waals surface area contributed by atoms with Crippen LogP contribution in [0.5, 0.6) is 5.75 Å². The van der Waals surface area contributed by atoms with Crippen LogP contribution in [0.15, 0.2) is 65.7 Å². The van der Waals surface area contributed by atoms with Crippen molar-refractivity contribution in [1.82, 2.24) is 14.8 Å². The second-order valence-corrected chi connectivity index (χ2v) is 5.98. The Morgan fingerprint density at radius 1 is 1.21 bits per heavy atom. The van der Waals surface area contributed by atoms with E-state index in [-0.39, 0.29) is 5.91 Å². The van der Waals surface area contributed by atoms with Gasteiger partial charge in [-0.25, -0.2) is 9.67 Å². The molecule has 1 atom stereocenters. The van der Waals surface area contributed by atoms with Crippen molar-refractivity contribution in [2.24, 2.45) is 0 Å². The minimum atomic E-state index is -0.644. The molecule has 24 heavy (non-hydrogen) atoms. The number of halogens is 1. The van der Waals surface area contributed by atoms with Crippen molar-refractivity contribution >= 4 is 27.5 Å². The summed E-state index contributed by atoms with van der Waals surface area (Å²) in [5, 5.41) is 6.96. The SMILES string of the molecule is CC(Oc1ccc(Br)cc1)C(=O)Nc1ccccc1-n1cncn1. The molecular weight excluding hydrogens is 372 g/mol. The molecule has 2 aromatic carbocycles. The number of aromatic nitrogens is 3. The molecule has 1 heterocycles. The zero-order valence-corrected chi connectivity index (χ0v) is 14.5. The first kappa shape index (κ1) is 16.2. The average molecular weight is 387 g/mol. The quantitative estimate of drug-likeness (QED) is 0.728. The van der Waals surface area contributed by atoms with Crippen molar-refractivity contribution in [2.75, 3.05) is 5.32 Å². The fraction of sp³-hybridized carbons (Fsp3) is 0.118. The van der Waals surface area contributed by atoms with E-state index in [4.69, 9.17) is 4.74 Å². The number of hydrogen-bond acceptors (Lipinski definition) is 4. The summed E-state index contributed by atoms with van der Waals surface area (Å²) in [4.78, 5) is 16.3. The summed E-state index contributed by atoms with van der Waals surface area (Å²) in [5.74, 6) is 0.385. The van der Waals surface area contributed by atoms with Gasteiger partial charge in [-0.3, -0.25) is 4.79 Å². The predicted octanol–water partition coefficient (Wildman–Crippen LogP) is 3.44. The number of carbonyl (C=O) groups is 1. The lowest BCUT2D eigenvalue weighted by atomic mass is 10.2. The maximum atomic E-state index is 12.4. The van der Waals surface area contributed by atoms with Crippen LogP contribution in [0.1, 0.15) is 6.92 Å². The number of carbonyl (C=O) groups excluding carboxylic acids is 1. The number of nitrogens with zero attached hydrogens (tertiary/aromatic N) is 3. The first-order valence-electron chi connectivity index (χ1n) is 7.30. The van der Waals surface area contributed by atoms with E-state index < -0.39 is 6.10 Å². The maximum absolute atomic E-state index is 12.4. The molecule has 3 aromatic rings. The normalized spacial score (nSPS) is 11.8. The van der Waals surface area contributed by atoms with Crippen LogP contribution in [0.4, 0.5) is 5.69 Å². The van der Waals surface area contributed by atoms with E-state index in [9.17, 15) is 4.79 Å². The van der Waals surface area contributed by atoms with Gasteiger partial charge < -0.3 is 10.1 Å². The third-order valence-electron chi connectivity index (χ3n) is 3.32. The van der Waals surface area contributed by atoms with Gasteiger partial charge in [-0.2, -0.15) is 5.10 Å². The Labute approximate surface area is 147 Å². The second-order valence-electron chi connectivity index (χ2n) is 5.06. The van der Waals surface area contributed by atoms with E-state index in [1.54, 1.807) is 36.1 Å². The second kappa shape index (κ2) is 7.27. The highest BCUT2D eigenvalue weighted by atomic mass is 79.9. The van der Waals surface area contributed by atoms with Gasteiger partial charge in [0.1, 0.15) is 18.4 Å². The monoisotopic (exact) mass is 386 g/mol. The van der Waals surface area contributed by atoms with Gasteiger partial charge in [0.25, 0.3) is 5.91 Å². The Hall–Kier alpha value is -2.67. The number of ether oxygens (including phenoxy) is 1. The molecule has 1 unspecified atom stereocenters. The topological polar surface area (TPSA) is 69.0 Å². The lowest BCUT2D eigenvalue weighted by Crippen LogP contribution is -2.30. The van der Waals surface area contributed by atoms with Crippen molar-refractivity contribution in [3.05, 3.63) is 65.7 Å². The summed E-state index contributed by atoms with van der Waals surface area (Å²) in [5.41, 5.74) is 1.37. The molecule has 1 aromatic heterocycles. The van der Waals surface area contributed by atoms with Crippen molar-refractivity contribution in [3.8, 4) is 11.4 Å². The lowest BCUT2D eigenvalue weighted by molar-refractivity contribution is -0.122. The number of hydrogen-bond donors (Lipinski definition) is 1. The highest BCUT2D eigenvalue weighted by molar-refractivity contribution is 9.10. The summed E-state index contributed by atoms with van der Waals surface area (Å²) in [6.45, 7) is 1.70. The van der Waals surface area contributed by atoms with Gasteiger partial charge in [-0.15, -0.1) is 0 Å². The van der Waals surface area contributed by atoms with E-state index in [0.29, 0.717) is 11.4 Å². The van der Waals surface area contributed by atoms with Gasteiger partial charge in [0.05, 0.1) is 11.4 Å². The van der Waals surface area contributed by atoms with Gasteiger partial charge in [0, 0.05) is 4.47 Å². The van der Waals surface area contributed by atoms with Crippen molar-refractivity contribution in [2.45, 2.75) is 13.0 Å². The van der Waals surface area contributed by atoms with Crippen molar-refractivity contribution in [1.29, 1.82) is 0 Å². The van der Waals surface area contributed by atoms with Crippen LogP contribution in [-0.2, 0) is 4.79 Å². The summed E-state index contributed by atoms with van der Waals surface area (Å²) in [6.07, 6.45) is 2.37. The Morgan fingerprint density at radius 3 is 2.67 bits per heavy atom. The summed E-state index contributed by atoms with van der Waals surface area (Å²) in [6, 6.07) is 14.7. The van der Waals surface area contributed by atoms with E-state index in [1.807, 2.05) is 30.3 Å². The zero-order chi connectivity index (χ0) is 16.9. The number of benzene rings is 2. The Morgan fingerprint density at radius 2 is 1.96 bits per heavy atom. The molecule has 0 fully saturated rings. The van der Waals surface area contributed by atoms with Gasteiger partial charge in [0.2, 0.25) is 0 Å². The molecule has 7 heteroatoms. The van der Waals surface area contributed by atoms with E-state index in [2.05, 4.69) is 31.3 Å². The molecule has 3 rings (SSSR count). The summed E-state index contributed by atoms with van der Waals surface area (Å²) in [7, 11) is 0. The van der Waals surface area contributed by atoms with E-state index in [1.165, 1.54) is 6.33 Å². The van der Waals surface area contributed by atoms with Crippen molar-refractivity contribution < 1.29 is 9.53 Å². The molecule has 0 aliphatic heterocycles. The van der Waals surface area contributed by atoms with Gasteiger partial charge in [0.15, 0.2) is 6.10 Å². The molecule has 6 nitrogen and oxygen atoms in total. The molecule has 0 spiro atoms. The van der Waals surface area contributed by atoms with Crippen LogP contribution in [-0.4, -0.2) is 26.8 Å². The minimum Gasteiger partial charge on any atom is -0.481 e. The van der Waals surface area contributed by atoms with Gasteiger partial charge in [-0.1, -0.05) is 28.1 Å². The summed E-state index contributed by atoms with van der Waals surface area (Å²) < 4.78 is 8.21. The third-order valence-corrected chi connectivity index (χ3v) is 3.85. The lowest BCUT2D eigenvalue weighted by Gasteiger charge is -2.16. The number of anilines is 1. The highest BCUT2D eigenvalue weighted by Gasteiger charge is 2.16. The van der Waals surface area contributed by atoms with E-state index in [0.717, 1.165) is 10.2 Å². The third kappa shape index (κ3) is 3.80. The largest absolute Gasteiger partial charge is 0.481 e. The fourth-order valence-corrected chi connectivity index (χ4v) is 2.38. The van der Waals surface area contributed by atoms with Gasteiger partial charge in [-0.05, 0) is 43.3 Å². The molecule has 0 saturated heterocycles. The molecule has 1 N–H and O–H groups in total. The maximum Gasteiger partial charge on any atom is 0.265 e. The van der Waals surface area contributed by atoms with Crippen LogP contribution < -0.4 is 10.1 Å². The van der Waals surface area contributed by atoms with Gasteiger partial charge >= 0.3 is 0 Å². The predicted molar refractivity (Wildman–Crippen MR) is 94.2 cm³/mol. The standard InChI is InChI=1S/C17H15BrN4O2/c1-12(24-14-8-6-13(18)7-9-14)17(23)21-15-4-2-3-5-16(15)22-11-19-10-20-22/h2-12H,1H3,(H,21,23). The Kier molecular flexibility index (Phi) is 4.90. The van der Waals surface area contributed by atoms with Crippen LogP contribution in [0.25, 0.3) is 5.69 Å². The van der Waals surface area contributed by atoms with Crippen LogP contribution in [0.3, 0.4) is 0 Å². The first-order chi connectivity index (χ1) is 11.6. The number of para-hydroxylation sites is 2. The average Bonchev–Trinajstić information content (AvgIpc) is 3.11. The zero-order valence-electron chi connectivity index (χ0n) is 12.9. The number of amides is 1. The highest BCUT2D eigenvalue weighted by Crippen LogP contribution is 2.20. The van der Waals surface area contributed by atoms with Crippen molar-refractivity contribution in [3.63, 3.8) is 0 Å². The molecule has 0 radical (unpaired) electrons. The molecular formula is C17H15BrN4O2. The van der Waals surface area contributed by atoms with Crippen LogP contribution in [0.2, 0.25) is 0 Å². The van der Waals surface area contributed by atoms with Crippen LogP contribution >= 0.6 is 15.9 Å². The Bertz CT molecular complexity index is 819. The molecule has 122 valence electrons. The molecule has 0 aliphatic carbocycles. The molecule has 0 bridgehead atoms. The Balaban J connectivity index is 1.72. The van der Waals surface area contributed by atoms with E-state index >= 15 is 0 Å². The number of rotatable bonds is 5. The molecule has 1 amide bonds. The molecule has 0 saturated carbocycles. The molecule has 0 aliphatic rings. The fourth-order valence-electron chi connectivity index (χ4n) is 2.12. The van der Waals surface area contributed by atoms with Crippen LogP contribution in [0, 0.1) is 0 Å². The first-order valence-corrected chi connectivity index (χ1v) is 8.10. The smallest absolute Gasteiger partial charge is 0.265 e. The minimum absolute atomic E-state index is 0.245. The number of nitrogens with one attached hydrogen (secondary N) is 1.